The Morgan fingerprint density at radius 1 is 1.04 bits per heavy atom. The third-order valence-electron chi connectivity index (χ3n) is 6.37. The first-order valence-corrected chi connectivity index (χ1v) is 11.3. The van der Waals surface area contributed by atoms with Crippen LogP contribution in [0.4, 0.5) is 0 Å². The average molecular weight is 394 g/mol. The van der Waals surface area contributed by atoms with Crippen molar-refractivity contribution >= 4 is 11.9 Å². The van der Waals surface area contributed by atoms with Gasteiger partial charge in [0.25, 0.3) is 5.91 Å². The van der Waals surface area contributed by atoms with Crippen molar-refractivity contribution in [1.29, 1.82) is 0 Å². The van der Waals surface area contributed by atoms with Crippen LogP contribution in [-0.4, -0.2) is 98.7 Å². The fraction of sp³-hybridized carbons (Fsp3) is 0.905. The number of hydrogen-bond donors (Lipinski definition) is 1. The van der Waals surface area contributed by atoms with Gasteiger partial charge in [-0.05, 0) is 64.1 Å². The summed E-state index contributed by atoms with van der Waals surface area (Å²) in [6.07, 6.45) is 6.79. The van der Waals surface area contributed by atoms with E-state index < -0.39 is 0 Å². The second-order valence-electron chi connectivity index (χ2n) is 8.52. The molecule has 3 heterocycles. The van der Waals surface area contributed by atoms with Crippen LogP contribution in [0.2, 0.25) is 0 Å². The van der Waals surface area contributed by atoms with Crippen LogP contribution in [0.25, 0.3) is 0 Å². The number of nitrogens with zero attached hydrogens (tertiary/aromatic N) is 4. The maximum absolute atomic E-state index is 12.5. The number of rotatable bonds is 6. The minimum absolute atomic E-state index is 0.173. The number of hydrogen-bond acceptors (Lipinski definition) is 4. The molecule has 1 N–H and O–H groups in total. The molecular formula is C21H39N5O2. The maximum Gasteiger partial charge on any atom is 0.251 e. The van der Waals surface area contributed by atoms with E-state index in [1.165, 1.54) is 45.3 Å². The van der Waals surface area contributed by atoms with Gasteiger partial charge in [0.1, 0.15) is 6.10 Å². The number of ether oxygens (including phenoxy) is 1. The van der Waals surface area contributed by atoms with Crippen LogP contribution in [0.15, 0.2) is 4.99 Å². The summed E-state index contributed by atoms with van der Waals surface area (Å²) < 4.78 is 5.54. The zero-order chi connectivity index (χ0) is 19.8. The molecule has 0 aromatic heterocycles. The lowest BCUT2D eigenvalue weighted by atomic mass is 9.99. The Bertz CT molecular complexity index is 505. The fourth-order valence-electron chi connectivity index (χ4n) is 4.39. The van der Waals surface area contributed by atoms with Gasteiger partial charge in [-0.3, -0.25) is 9.79 Å². The van der Waals surface area contributed by atoms with Gasteiger partial charge in [0.05, 0.1) is 0 Å². The van der Waals surface area contributed by atoms with Crippen LogP contribution < -0.4 is 5.32 Å². The highest BCUT2D eigenvalue weighted by molar-refractivity contribution is 5.82. The van der Waals surface area contributed by atoms with Crippen molar-refractivity contribution in [2.45, 2.75) is 51.6 Å². The van der Waals surface area contributed by atoms with E-state index in [9.17, 15) is 4.79 Å². The number of guanidine groups is 1. The van der Waals surface area contributed by atoms with Gasteiger partial charge >= 0.3 is 0 Å². The molecule has 3 saturated heterocycles. The zero-order valence-electron chi connectivity index (χ0n) is 17.9. The third-order valence-corrected chi connectivity index (χ3v) is 6.37. The van der Waals surface area contributed by atoms with E-state index in [1.54, 1.807) is 0 Å². The van der Waals surface area contributed by atoms with Gasteiger partial charge < -0.3 is 24.8 Å². The first kappa shape index (κ1) is 21.4. The molecule has 1 amide bonds. The first-order chi connectivity index (χ1) is 13.7. The molecule has 1 atom stereocenters. The number of unbranched alkanes of at least 4 members (excludes halogenated alkanes) is 1. The van der Waals surface area contributed by atoms with Crippen LogP contribution in [0.5, 0.6) is 0 Å². The fourth-order valence-corrected chi connectivity index (χ4v) is 4.39. The standard InChI is InChI=1S/C21H39N5O2/c1-18-7-11-24(12-8-18)10-4-3-9-23-21(22-2)26-15-13-25(14-16-26)20(27)19-6-5-17-28-19/h18-19H,3-17H2,1-2H3,(H,22,23). The molecule has 1 unspecified atom stereocenters. The monoisotopic (exact) mass is 393 g/mol. The lowest BCUT2D eigenvalue weighted by molar-refractivity contribution is -0.142. The lowest BCUT2D eigenvalue weighted by Crippen LogP contribution is -2.55. The summed E-state index contributed by atoms with van der Waals surface area (Å²) in [7, 11) is 1.85. The number of carbonyl (C=O) groups excluding carboxylic acids is 1. The molecule has 7 nitrogen and oxygen atoms in total. The van der Waals surface area contributed by atoms with Crippen molar-refractivity contribution in [2.75, 3.05) is 66.0 Å². The Morgan fingerprint density at radius 2 is 1.75 bits per heavy atom. The first-order valence-electron chi connectivity index (χ1n) is 11.3. The van der Waals surface area contributed by atoms with Crippen LogP contribution in [-0.2, 0) is 9.53 Å². The van der Waals surface area contributed by atoms with Crippen molar-refractivity contribution in [3.63, 3.8) is 0 Å². The van der Waals surface area contributed by atoms with Crippen molar-refractivity contribution in [2.24, 2.45) is 10.9 Å². The SMILES string of the molecule is CN=C(NCCCCN1CCC(C)CC1)N1CCN(C(=O)C2CCCO2)CC1. The van der Waals surface area contributed by atoms with E-state index in [2.05, 4.69) is 27.0 Å². The Kier molecular flexibility index (Phi) is 8.40. The van der Waals surface area contributed by atoms with Crippen molar-refractivity contribution in [1.82, 2.24) is 20.0 Å². The second-order valence-corrected chi connectivity index (χ2v) is 8.52. The second kappa shape index (κ2) is 11.0. The van der Waals surface area contributed by atoms with Crippen LogP contribution in [0.3, 0.4) is 0 Å². The summed E-state index contributed by atoms with van der Waals surface area (Å²) in [5.74, 6) is 2.05. The highest BCUT2D eigenvalue weighted by atomic mass is 16.5. The molecule has 28 heavy (non-hydrogen) atoms. The number of aliphatic imine (C=N–C) groups is 1. The molecule has 0 spiro atoms. The predicted octanol–water partition coefficient (Wildman–Crippen LogP) is 1.40. The van der Waals surface area contributed by atoms with Crippen LogP contribution in [0.1, 0.15) is 45.4 Å². The van der Waals surface area contributed by atoms with E-state index >= 15 is 0 Å². The van der Waals surface area contributed by atoms with Crippen molar-refractivity contribution in [3.8, 4) is 0 Å². The van der Waals surface area contributed by atoms with Gasteiger partial charge in [0, 0.05) is 46.4 Å². The van der Waals surface area contributed by atoms with Gasteiger partial charge in [0.15, 0.2) is 5.96 Å². The molecule has 0 aliphatic carbocycles. The Morgan fingerprint density at radius 3 is 2.39 bits per heavy atom. The molecule has 3 rings (SSSR count). The van der Waals surface area contributed by atoms with E-state index in [1.807, 2.05) is 11.9 Å². The minimum atomic E-state index is -0.202. The van der Waals surface area contributed by atoms with Gasteiger partial charge in [-0.25, -0.2) is 0 Å². The molecule has 3 aliphatic rings. The summed E-state index contributed by atoms with van der Waals surface area (Å²) in [5.41, 5.74) is 0. The molecule has 0 bridgehead atoms. The lowest BCUT2D eigenvalue weighted by Gasteiger charge is -2.37. The Balaban J connectivity index is 1.29. The molecule has 3 fully saturated rings. The minimum Gasteiger partial charge on any atom is -0.368 e. The Hall–Kier alpha value is -1.34. The van der Waals surface area contributed by atoms with E-state index in [0.29, 0.717) is 0 Å². The van der Waals surface area contributed by atoms with Gasteiger partial charge in [-0.2, -0.15) is 0 Å². The summed E-state index contributed by atoms with van der Waals surface area (Å²) in [6.45, 7) is 11.0. The molecule has 0 aromatic rings. The number of piperazine rings is 1. The highest BCUT2D eigenvalue weighted by Crippen LogP contribution is 2.17. The summed E-state index contributed by atoms with van der Waals surface area (Å²) in [5, 5.41) is 3.51. The smallest absolute Gasteiger partial charge is 0.251 e. The largest absolute Gasteiger partial charge is 0.368 e. The topological polar surface area (TPSA) is 60.4 Å². The normalized spacial score (nSPS) is 25.4. The molecular weight excluding hydrogens is 354 g/mol. The number of amides is 1. The van der Waals surface area contributed by atoms with E-state index in [-0.39, 0.29) is 12.0 Å². The van der Waals surface area contributed by atoms with Crippen molar-refractivity contribution < 1.29 is 9.53 Å². The number of nitrogens with one attached hydrogen (secondary N) is 1. The van der Waals surface area contributed by atoms with E-state index in [4.69, 9.17) is 4.74 Å². The summed E-state index contributed by atoms with van der Waals surface area (Å²) >= 11 is 0. The predicted molar refractivity (Wildman–Crippen MR) is 113 cm³/mol. The molecule has 0 radical (unpaired) electrons. The van der Waals surface area contributed by atoms with Crippen LogP contribution >= 0.6 is 0 Å². The Labute approximate surface area is 170 Å². The van der Waals surface area contributed by atoms with Gasteiger partial charge in [-0.15, -0.1) is 0 Å². The molecule has 7 heteroatoms. The zero-order valence-corrected chi connectivity index (χ0v) is 17.9. The number of piperidine rings is 1. The van der Waals surface area contributed by atoms with E-state index in [0.717, 1.165) is 64.0 Å². The van der Waals surface area contributed by atoms with Gasteiger partial charge in [0.2, 0.25) is 0 Å². The number of likely N-dealkylation sites (tertiary alicyclic amines) is 1. The summed E-state index contributed by atoms with van der Waals surface area (Å²) in [4.78, 5) is 23.8. The highest BCUT2D eigenvalue weighted by Gasteiger charge is 2.30. The average Bonchev–Trinajstić information content (AvgIpc) is 3.27. The maximum atomic E-state index is 12.5. The number of carbonyl (C=O) groups is 1. The molecule has 0 aromatic carbocycles. The third kappa shape index (κ3) is 6.08. The van der Waals surface area contributed by atoms with Gasteiger partial charge in [-0.1, -0.05) is 6.92 Å². The molecule has 3 aliphatic heterocycles. The van der Waals surface area contributed by atoms with Crippen LogP contribution in [0, 0.1) is 5.92 Å². The molecule has 0 saturated carbocycles. The summed E-state index contributed by atoms with van der Waals surface area (Å²) in [6, 6.07) is 0. The van der Waals surface area contributed by atoms with Crippen molar-refractivity contribution in [3.05, 3.63) is 0 Å². The quantitative estimate of drug-likeness (QED) is 0.420. The molecule has 160 valence electrons.